The quantitative estimate of drug-likeness (QED) is 0.737. The van der Waals surface area contributed by atoms with Gasteiger partial charge in [0.1, 0.15) is 11.8 Å². The Bertz CT molecular complexity index is 954. The molecule has 8 heteroatoms. The fourth-order valence-corrected chi connectivity index (χ4v) is 3.69. The second-order valence-corrected chi connectivity index (χ2v) is 8.27. The van der Waals surface area contributed by atoms with Crippen LogP contribution < -0.4 is 10.1 Å². The number of amides is 2. The number of ether oxygens (including phenoxy) is 1. The van der Waals surface area contributed by atoms with Crippen LogP contribution >= 0.6 is 0 Å². The molecule has 1 unspecified atom stereocenters. The maximum atomic E-state index is 13.1. The number of nitriles is 1. The van der Waals surface area contributed by atoms with Crippen LogP contribution in [0.2, 0.25) is 0 Å². The lowest BCUT2D eigenvalue weighted by Gasteiger charge is -2.35. The van der Waals surface area contributed by atoms with Gasteiger partial charge in [0.25, 0.3) is 11.8 Å². The first-order valence-electron chi connectivity index (χ1n) is 10.6. The first kappa shape index (κ1) is 22.3. The highest BCUT2D eigenvalue weighted by molar-refractivity contribution is 5.93. The number of piperidine rings is 1. The summed E-state index contributed by atoms with van der Waals surface area (Å²) in [4.78, 5) is 27.2. The van der Waals surface area contributed by atoms with Crippen molar-refractivity contribution in [3.63, 3.8) is 0 Å². The number of aromatic nitrogens is 2. The Morgan fingerprint density at radius 3 is 2.61 bits per heavy atom. The third-order valence-corrected chi connectivity index (χ3v) is 5.55. The molecule has 1 aromatic heterocycles. The van der Waals surface area contributed by atoms with Gasteiger partial charge in [-0.15, -0.1) is 0 Å². The zero-order valence-corrected chi connectivity index (χ0v) is 18.2. The number of rotatable bonds is 7. The zero-order chi connectivity index (χ0) is 22.4. The molecule has 0 spiro atoms. The van der Waals surface area contributed by atoms with Crippen molar-refractivity contribution in [3.05, 3.63) is 47.8 Å². The first-order chi connectivity index (χ1) is 14.9. The molecule has 1 N–H and O–H groups in total. The summed E-state index contributed by atoms with van der Waals surface area (Å²) in [5.41, 5.74) is 0.966. The maximum Gasteiger partial charge on any atom is 0.263 e. The monoisotopic (exact) mass is 423 g/mol. The van der Waals surface area contributed by atoms with Crippen molar-refractivity contribution < 1.29 is 14.3 Å². The normalized spacial score (nSPS) is 15.4. The van der Waals surface area contributed by atoms with E-state index in [9.17, 15) is 14.9 Å². The van der Waals surface area contributed by atoms with Gasteiger partial charge in [-0.05, 0) is 36.8 Å². The molecule has 1 aromatic carbocycles. The van der Waals surface area contributed by atoms with Crippen molar-refractivity contribution in [2.75, 3.05) is 19.6 Å². The molecule has 2 aromatic rings. The lowest BCUT2D eigenvalue weighted by atomic mass is 9.95. The number of likely N-dealkylation sites (tertiary alicyclic amines) is 1. The first-order valence-corrected chi connectivity index (χ1v) is 10.6. The molecule has 1 fully saturated rings. The predicted octanol–water partition coefficient (Wildman–Crippen LogP) is 2.36. The van der Waals surface area contributed by atoms with Gasteiger partial charge in [-0.2, -0.15) is 10.4 Å². The number of carbonyl (C=O) groups excluding carboxylic acids is 2. The third-order valence-electron chi connectivity index (χ3n) is 5.55. The summed E-state index contributed by atoms with van der Waals surface area (Å²) in [6.45, 7) is 5.71. The zero-order valence-electron chi connectivity index (χ0n) is 18.2. The van der Waals surface area contributed by atoms with Crippen LogP contribution in [-0.2, 0) is 11.8 Å². The van der Waals surface area contributed by atoms with Crippen LogP contribution in [0.15, 0.2) is 36.7 Å². The Hall–Kier alpha value is -3.34. The summed E-state index contributed by atoms with van der Waals surface area (Å²) in [6.07, 6.45) is 4.23. The summed E-state index contributed by atoms with van der Waals surface area (Å²) < 4.78 is 7.59. The minimum absolute atomic E-state index is 0.0317. The predicted molar refractivity (Wildman–Crippen MR) is 115 cm³/mol. The molecule has 0 aliphatic carbocycles. The molecule has 0 bridgehead atoms. The summed E-state index contributed by atoms with van der Waals surface area (Å²) >= 11 is 0. The van der Waals surface area contributed by atoms with E-state index in [-0.39, 0.29) is 17.7 Å². The van der Waals surface area contributed by atoms with E-state index in [1.807, 2.05) is 18.7 Å². The number of hydrogen-bond donors (Lipinski definition) is 1. The van der Waals surface area contributed by atoms with E-state index in [0.717, 1.165) is 12.8 Å². The number of nitrogens with one attached hydrogen (secondary N) is 1. The van der Waals surface area contributed by atoms with Gasteiger partial charge in [-0.1, -0.05) is 26.0 Å². The van der Waals surface area contributed by atoms with Gasteiger partial charge in [-0.3, -0.25) is 14.3 Å². The molecule has 2 heterocycles. The SMILES string of the molecule is CC(C)C(Oc1ccccc1C#N)C(=O)N1CCC(CNC(=O)c2cnn(C)c2)CC1. The van der Waals surface area contributed by atoms with Gasteiger partial charge in [0.15, 0.2) is 6.10 Å². The lowest BCUT2D eigenvalue weighted by Crippen LogP contribution is -2.48. The van der Waals surface area contributed by atoms with Crippen molar-refractivity contribution >= 4 is 11.8 Å². The van der Waals surface area contributed by atoms with Crippen LogP contribution in [0.25, 0.3) is 0 Å². The Balaban J connectivity index is 1.53. The van der Waals surface area contributed by atoms with Crippen molar-refractivity contribution in [2.45, 2.75) is 32.8 Å². The minimum atomic E-state index is -0.642. The summed E-state index contributed by atoms with van der Waals surface area (Å²) in [6, 6.07) is 9.08. The van der Waals surface area contributed by atoms with Crippen molar-refractivity contribution in [1.29, 1.82) is 5.26 Å². The van der Waals surface area contributed by atoms with Gasteiger partial charge < -0.3 is 15.0 Å². The van der Waals surface area contributed by atoms with E-state index < -0.39 is 6.10 Å². The standard InChI is InChI=1S/C23H29N5O3/c1-16(2)21(31-20-7-5-4-6-18(20)12-24)23(30)28-10-8-17(9-11-28)13-25-22(29)19-14-26-27(3)15-19/h4-7,14-17,21H,8-11,13H2,1-3H3,(H,25,29). The summed E-state index contributed by atoms with van der Waals surface area (Å²) in [7, 11) is 1.77. The molecule has 8 nitrogen and oxygen atoms in total. The van der Waals surface area contributed by atoms with Crippen LogP contribution in [0, 0.1) is 23.2 Å². The van der Waals surface area contributed by atoms with Gasteiger partial charge in [0, 0.05) is 32.9 Å². The van der Waals surface area contributed by atoms with Crippen LogP contribution in [0.3, 0.4) is 0 Å². The van der Waals surface area contributed by atoms with E-state index in [1.165, 1.54) is 0 Å². The number of para-hydroxylation sites is 1. The smallest absolute Gasteiger partial charge is 0.263 e. The molecule has 31 heavy (non-hydrogen) atoms. The molecular weight excluding hydrogens is 394 g/mol. The highest BCUT2D eigenvalue weighted by atomic mass is 16.5. The van der Waals surface area contributed by atoms with Crippen LogP contribution in [0.5, 0.6) is 5.75 Å². The second kappa shape index (κ2) is 10.1. The van der Waals surface area contributed by atoms with Gasteiger partial charge in [0.2, 0.25) is 0 Å². The van der Waals surface area contributed by atoms with E-state index in [4.69, 9.17) is 4.74 Å². The Kier molecular flexibility index (Phi) is 7.29. The van der Waals surface area contributed by atoms with Crippen LogP contribution in [-0.4, -0.2) is 52.2 Å². The Labute approximate surface area is 182 Å². The number of aryl methyl sites for hydroxylation is 1. The molecule has 3 rings (SSSR count). The van der Waals surface area contributed by atoms with E-state index in [2.05, 4.69) is 16.5 Å². The second-order valence-electron chi connectivity index (χ2n) is 8.27. The molecule has 164 valence electrons. The molecule has 1 aliphatic heterocycles. The third kappa shape index (κ3) is 5.63. The molecule has 1 atom stereocenters. The number of hydrogen-bond acceptors (Lipinski definition) is 5. The maximum absolute atomic E-state index is 13.1. The lowest BCUT2D eigenvalue weighted by molar-refractivity contribution is -0.142. The van der Waals surface area contributed by atoms with E-state index in [0.29, 0.717) is 42.4 Å². The molecule has 1 saturated heterocycles. The fourth-order valence-electron chi connectivity index (χ4n) is 3.69. The minimum Gasteiger partial charge on any atom is -0.479 e. The van der Waals surface area contributed by atoms with E-state index in [1.54, 1.807) is 48.4 Å². The van der Waals surface area contributed by atoms with Crippen molar-refractivity contribution in [3.8, 4) is 11.8 Å². The summed E-state index contributed by atoms with van der Waals surface area (Å²) in [5.74, 6) is 0.542. The molecule has 1 aliphatic rings. The van der Waals surface area contributed by atoms with Crippen molar-refractivity contribution in [1.82, 2.24) is 20.0 Å². The largest absolute Gasteiger partial charge is 0.479 e. The fraction of sp³-hybridized carbons (Fsp3) is 0.478. The molecular formula is C23H29N5O3. The number of carbonyl (C=O) groups is 2. The highest BCUT2D eigenvalue weighted by Crippen LogP contribution is 2.24. The summed E-state index contributed by atoms with van der Waals surface area (Å²) in [5, 5.41) is 16.3. The highest BCUT2D eigenvalue weighted by Gasteiger charge is 2.32. The molecule has 2 amide bonds. The number of nitrogens with zero attached hydrogens (tertiary/aromatic N) is 4. The molecule has 0 radical (unpaired) electrons. The van der Waals surface area contributed by atoms with Crippen molar-refractivity contribution in [2.24, 2.45) is 18.9 Å². The van der Waals surface area contributed by atoms with E-state index >= 15 is 0 Å². The average Bonchev–Trinajstić information content (AvgIpc) is 3.22. The Morgan fingerprint density at radius 2 is 2.00 bits per heavy atom. The van der Waals surface area contributed by atoms with Gasteiger partial charge in [0.05, 0.1) is 17.3 Å². The average molecular weight is 424 g/mol. The topological polar surface area (TPSA) is 100 Å². The van der Waals surface area contributed by atoms with Crippen LogP contribution in [0.4, 0.5) is 0 Å². The number of benzene rings is 1. The van der Waals surface area contributed by atoms with Gasteiger partial charge in [-0.25, -0.2) is 0 Å². The molecule has 0 saturated carbocycles. The Morgan fingerprint density at radius 1 is 1.29 bits per heavy atom. The van der Waals surface area contributed by atoms with Gasteiger partial charge >= 0.3 is 0 Å². The van der Waals surface area contributed by atoms with Crippen LogP contribution in [0.1, 0.15) is 42.6 Å².